The highest BCUT2D eigenvalue weighted by molar-refractivity contribution is 6.37. The molecule has 0 aliphatic rings. The van der Waals surface area contributed by atoms with Crippen LogP contribution in [0.4, 0.5) is 5.69 Å². The number of carboxylic acids is 2. The van der Waals surface area contributed by atoms with Crippen molar-refractivity contribution < 1.29 is 24.6 Å². The molecule has 2 N–H and O–H groups in total. The average Bonchev–Trinajstić information content (AvgIpc) is 2.81. The van der Waals surface area contributed by atoms with Crippen LogP contribution in [-0.4, -0.2) is 28.1 Å². The van der Waals surface area contributed by atoms with Crippen molar-refractivity contribution >= 4 is 23.5 Å². The molecule has 3 aromatic carbocycles. The Bertz CT molecular complexity index is 1160. The van der Waals surface area contributed by atoms with Crippen molar-refractivity contribution in [2.45, 2.75) is 45.6 Å². The number of nitrogens with zero attached hydrogens (tertiary/aromatic N) is 1. The number of amides is 1. The van der Waals surface area contributed by atoms with Gasteiger partial charge in [-0.25, -0.2) is 4.79 Å². The molecule has 6 heteroatoms. The van der Waals surface area contributed by atoms with Crippen LogP contribution in [0.5, 0.6) is 0 Å². The monoisotopic (exact) mass is 459 g/mol. The van der Waals surface area contributed by atoms with E-state index in [0.29, 0.717) is 12.1 Å². The molecule has 0 saturated heterocycles. The minimum absolute atomic E-state index is 0.000603. The van der Waals surface area contributed by atoms with E-state index in [1.54, 1.807) is 12.1 Å². The Hall–Kier alpha value is -3.93. The van der Waals surface area contributed by atoms with Crippen molar-refractivity contribution in [3.63, 3.8) is 0 Å². The van der Waals surface area contributed by atoms with Gasteiger partial charge in [0, 0.05) is 12.1 Å². The van der Waals surface area contributed by atoms with E-state index in [-0.39, 0.29) is 18.4 Å². The smallest absolute Gasteiger partial charge is 0.394 e. The van der Waals surface area contributed by atoms with Crippen molar-refractivity contribution in [2.24, 2.45) is 0 Å². The number of carbonyl (C=O) groups is 3. The summed E-state index contributed by atoms with van der Waals surface area (Å²) in [6.07, 6.45) is 0.554. The van der Waals surface area contributed by atoms with Gasteiger partial charge in [-0.05, 0) is 51.8 Å². The Kier molecular flexibility index (Phi) is 7.51. The number of anilines is 1. The molecule has 0 unspecified atom stereocenters. The number of hydrogen-bond donors (Lipinski definition) is 2. The van der Waals surface area contributed by atoms with E-state index >= 15 is 0 Å². The Labute approximate surface area is 199 Å². The number of aliphatic carboxylic acids is 2. The van der Waals surface area contributed by atoms with Gasteiger partial charge in [-0.2, -0.15) is 0 Å². The standard InChI is InChI=1S/C28H29NO5/c1-28(2,3)23-13-6-20(7-14-23)18-29(26(32)27(33)34)24-15-11-22(12-16-24)21-9-4-19(5-10-21)8-17-25(30)31/h4-7,9-16H,8,17-18H2,1-3H3,(H,30,31)(H,33,34). The topological polar surface area (TPSA) is 94.9 Å². The first-order valence-electron chi connectivity index (χ1n) is 11.1. The maximum atomic E-state index is 12.5. The number of rotatable bonds is 7. The summed E-state index contributed by atoms with van der Waals surface area (Å²) in [4.78, 5) is 35.9. The average molecular weight is 460 g/mol. The van der Waals surface area contributed by atoms with Gasteiger partial charge in [-0.1, -0.05) is 81.4 Å². The molecule has 0 radical (unpaired) electrons. The van der Waals surface area contributed by atoms with Gasteiger partial charge in [0.2, 0.25) is 0 Å². The Morgan fingerprint density at radius 1 is 0.735 bits per heavy atom. The van der Waals surface area contributed by atoms with E-state index in [1.807, 2.05) is 60.7 Å². The highest BCUT2D eigenvalue weighted by atomic mass is 16.4. The summed E-state index contributed by atoms with van der Waals surface area (Å²) < 4.78 is 0. The van der Waals surface area contributed by atoms with Crippen LogP contribution in [0.1, 0.15) is 43.9 Å². The molecule has 0 aliphatic carbocycles. The predicted octanol–water partition coefficient (Wildman–Crippen LogP) is 5.29. The minimum atomic E-state index is -1.51. The zero-order chi connectivity index (χ0) is 24.9. The zero-order valence-corrected chi connectivity index (χ0v) is 19.6. The first kappa shape index (κ1) is 24.7. The summed E-state index contributed by atoms with van der Waals surface area (Å²) in [5.41, 5.74) is 5.28. The van der Waals surface area contributed by atoms with E-state index in [1.165, 1.54) is 4.90 Å². The molecule has 0 atom stereocenters. The van der Waals surface area contributed by atoms with Crippen LogP contribution in [0, 0.1) is 0 Å². The van der Waals surface area contributed by atoms with Crippen molar-refractivity contribution in [3.8, 4) is 11.1 Å². The van der Waals surface area contributed by atoms with Crippen LogP contribution in [0.3, 0.4) is 0 Å². The van der Waals surface area contributed by atoms with Crippen LogP contribution in [-0.2, 0) is 32.8 Å². The number of carbonyl (C=O) groups excluding carboxylic acids is 1. The molecule has 0 heterocycles. The Morgan fingerprint density at radius 3 is 1.71 bits per heavy atom. The second-order valence-corrected chi connectivity index (χ2v) is 9.28. The van der Waals surface area contributed by atoms with Gasteiger partial charge in [-0.3, -0.25) is 14.5 Å². The van der Waals surface area contributed by atoms with Crippen LogP contribution in [0.2, 0.25) is 0 Å². The summed E-state index contributed by atoms with van der Waals surface area (Å²) in [5, 5.41) is 18.2. The Morgan fingerprint density at radius 2 is 1.24 bits per heavy atom. The van der Waals surface area contributed by atoms with Crippen molar-refractivity contribution in [1.29, 1.82) is 0 Å². The fraction of sp³-hybridized carbons (Fsp3) is 0.250. The molecule has 0 aromatic heterocycles. The SMILES string of the molecule is CC(C)(C)c1ccc(CN(C(=O)C(=O)O)c2ccc(-c3ccc(CCC(=O)O)cc3)cc2)cc1. The second-order valence-electron chi connectivity index (χ2n) is 9.28. The number of hydrogen-bond acceptors (Lipinski definition) is 3. The van der Waals surface area contributed by atoms with Crippen LogP contribution >= 0.6 is 0 Å². The maximum absolute atomic E-state index is 12.5. The number of benzene rings is 3. The van der Waals surface area contributed by atoms with Crippen LogP contribution < -0.4 is 4.90 Å². The summed E-state index contributed by atoms with van der Waals surface area (Å²) in [6.45, 7) is 6.50. The number of aryl methyl sites for hydroxylation is 1. The molecule has 0 bridgehead atoms. The summed E-state index contributed by atoms with van der Waals surface area (Å²) in [7, 11) is 0. The zero-order valence-electron chi connectivity index (χ0n) is 19.6. The third kappa shape index (κ3) is 6.32. The lowest BCUT2D eigenvalue weighted by molar-refractivity contribution is -0.148. The Balaban J connectivity index is 1.80. The predicted molar refractivity (Wildman–Crippen MR) is 132 cm³/mol. The molecule has 0 saturated carbocycles. The number of carboxylic acid groups (broad SMARTS) is 2. The van der Waals surface area contributed by atoms with Gasteiger partial charge in [0.15, 0.2) is 0 Å². The molecular weight excluding hydrogens is 430 g/mol. The van der Waals surface area contributed by atoms with E-state index in [0.717, 1.165) is 27.8 Å². The molecule has 3 aromatic rings. The maximum Gasteiger partial charge on any atom is 0.394 e. The minimum Gasteiger partial charge on any atom is -0.481 e. The van der Waals surface area contributed by atoms with Gasteiger partial charge < -0.3 is 10.2 Å². The van der Waals surface area contributed by atoms with Crippen LogP contribution in [0.25, 0.3) is 11.1 Å². The van der Waals surface area contributed by atoms with Gasteiger partial charge in [-0.15, -0.1) is 0 Å². The first-order valence-corrected chi connectivity index (χ1v) is 11.1. The largest absolute Gasteiger partial charge is 0.481 e. The lowest BCUT2D eigenvalue weighted by Gasteiger charge is -2.23. The van der Waals surface area contributed by atoms with Crippen molar-refractivity contribution in [1.82, 2.24) is 0 Å². The molecule has 0 aliphatic heterocycles. The molecule has 1 amide bonds. The first-order chi connectivity index (χ1) is 16.0. The molecule has 3 rings (SSSR count). The normalized spacial score (nSPS) is 11.1. The molecule has 0 spiro atoms. The fourth-order valence-corrected chi connectivity index (χ4v) is 3.64. The summed E-state index contributed by atoms with van der Waals surface area (Å²) in [6, 6.07) is 22.6. The lowest BCUT2D eigenvalue weighted by Crippen LogP contribution is -2.36. The van der Waals surface area contributed by atoms with E-state index in [9.17, 15) is 19.5 Å². The van der Waals surface area contributed by atoms with E-state index < -0.39 is 17.8 Å². The molecule has 34 heavy (non-hydrogen) atoms. The highest BCUT2D eigenvalue weighted by Gasteiger charge is 2.23. The second kappa shape index (κ2) is 10.3. The molecule has 176 valence electrons. The van der Waals surface area contributed by atoms with E-state index in [2.05, 4.69) is 20.8 Å². The lowest BCUT2D eigenvalue weighted by atomic mass is 9.87. The fourth-order valence-electron chi connectivity index (χ4n) is 3.64. The van der Waals surface area contributed by atoms with Crippen LogP contribution in [0.15, 0.2) is 72.8 Å². The molecule has 0 fully saturated rings. The van der Waals surface area contributed by atoms with Crippen molar-refractivity contribution in [3.05, 3.63) is 89.5 Å². The highest BCUT2D eigenvalue weighted by Crippen LogP contribution is 2.26. The van der Waals surface area contributed by atoms with Gasteiger partial charge >= 0.3 is 17.8 Å². The summed E-state index contributed by atoms with van der Waals surface area (Å²) >= 11 is 0. The molecule has 6 nitrogen and oxygen atoms in total. The third-order valence-corrected chi connectivity index (χ3v) is 5.68. The molecular formula is C28H29NO5. The van der Waals surface area contributed by atoms with Crippen molar-refractivity contribution in [2.75, 3.05) is 4.90 Å². The van der Waals surface area contributed by atoms with Gasteiger partial charge in [0.05, 0.1) is 6.54 Å². The summed E-state index contributed by atoms with van der Waals surface area (Å²) in [5.74, 6) is -3.33. The van der Waals surface area contributed by atoms with Gasteiger partial charge in [0.25, 0.3) is 0 Å². The third-order valence-electron chi connectivity index (χ3n) is 5.68. The van der Waals surface area contributed by atoms with Gasteiger partial charge in [0.1, 0.15) is 0 Å². The quantitative estimate of drug-likeness (QED) is 0.469. The van der Waals surface area contributed by atoms with E-state index in [4.69, 9.17) is 5.11 Å².